The van der Waals surface area contributed by atoms with E-state index in [1.165, 1.54) is 43.6 Å². The summed E-state index contributed by atoms with van der Waals surface area (Å²) in [5, 5.41) is 23.1. The standard InChI is InChI=1S/C43H40Cl2FN3O7/c1-54-39-13-11-30(20-40(39)55-2)32(21-34-35(44)23-48(53)24-36(34)45)33-19-29(10-12-31(33)42(50)51)28-7-5-6-26(18-28)22-49(38-9-4-3-8-37(38)46)43(52)56-41-25-47-16-14-27(41)15-17-47/h3-13,18-20,23-24,27,32,41H,14-17,21-22,25H2,1-2H3,(H-,50,51,53)/t32-,41-/m0/s1. The maximum Gasteiger partial charge on any atom is 0.415 e. The highest BCUT2D eigenvalue weighted by Crippen LogP contribution is 2.40. The Hall–Kier alpha value is -5.36. The summed E-state index contributed by atoms with van der Waals surface area (Å²) in [6.07, 6.45) is 3.76. The number of benzene rings is 4. The topological polar surface area (TPSA) is 115 Å². The fourth-order valence-electron chi connectivity index (χ4n) is 7.82. The second kappa shape index (κ2) is 16.8. The van der Waals surface area contributed by atoms with E-state index in [0.717, 1.165) is 36.2 Å². The molecule has 4 heterocycles. The average molecular weight is 801 g/mol. The summed E-state index contributed by atoms with van der Waals surface area (Å²) in [5.74, 6) is -1.41. The molecule has 3 aliphatic rings. The van der Waals surface area contributed by atoms with Gasteiger partial charge in [-0.3, -0.25) is 15.0 Å². The van der Waals surface area contributed by atoms with Crippen molar-refractivity contribution in [2.24, 2.45) is 5.92 Å². The van der Waals surface area contributed by atoms with Crippen LogP contribution in [-0.2, 0) is 17.7 Å². The van der Waals surface area contributed by atoms with Crippen molar-refractivity contribution in [1.29, 1.82) is 0 Å². The largest absolute Gasteiger partial charge is 0.545 e. The summed E-state index contributed by atoms with van der Waals surface area (Å²) < 4.78 is 33.2. The van der Waals surface area contributed by atoms with Crippen LogP contribution in [0.1, 0.15) is 51.4 Å². The first kappa shape index (κ1) is 38.9. The molecule has 3 aliphatic heterocycles. The molecule has 5 aromatic rings. The van der Waals surface area contributed by atoms with Crippen molar-refractivity contribution in [3.63, 3.8) is 0 Å². The number of carboxylic acids is 1. The molecule has 1 aromatic heterocycles. The number of anilines is 1. The van der Waals surface area contributed by atoms with Gasteiger partial charge in [0.05, 0.1) is 32.4 Å². The van der Waals surface area contributed by atoms with E-state index in [9.17, 15) is 19.9 Å². The number of pyridine rings is 1. The van der Waals surface area contributed by atoms with E-state index in [1.807, 2.05) is 30.3 Å². The number of ether oxygens (including phenoxy) is 3. The molecule has 2 atom stereocenters. The van der Waals surface area contributed by atoms with Crippen LogP contribution in [0.2, 0.25) is 10.0 Å². The Morgan fingerprint density at radius 1 is 0.929 bits per heavy atom. The first-order chi connectivity index (χ1) is 27.0. The number of hydrogen-bond donors (Lipinski definition) is 1. The Bertz CT molecular complexity index is 2240. The number of halogens is 3. The molecule has 8 rings (SSSR count). The van der Waals surface area contributed by atoms with Crippen LogP contribution in [-0.4, -0.2) is 62.1 Å². The lowest BCUT2D eigenvalue weighted by atomic mass is 9.82. The third-order valence-corrected chi connectivity index (χ3v) is 11.4. The normalized spacial score (nSPS) is 17.9. The van der Waals surface area contributed by atoms with Crippen LogP contribution < -0.4 is 24.2 Å². The van der Waals surface area contributed by atoms with Crippen molar-refractivity contribution in [3.8, 4) is 22.6 Å². The molecule has 0 aliphatic carbocycles. The molecule has 0 saturated carbocycles. The van der Waals surface area contributed by atoms with E-state index in [-0.39, 0.29) is 46.3 Å². The van der Waals surface area contributed by atoms with Gasteiger partial charge in [-0.25, -0.2) is 9.18 Å². The van der Waals surface area contributed by atoms with Crippen LogP contribution in [0.3, 0.4) is 0 Å². The number of rotatable bonds is 12. The molecule has 13 heteroatoms. The zero-order valence-corrected chi connectivity index (χ0v) is 32.3. The smallest absolute Gasteiger partial charge is 0.415 e. The van der Waals surface area contributed by atoms with Crippen molar-refractivity contribution >= 4 is 41.0 Å². The number of amides is 1. The van der Waals surface area contributed by atoms with Gasteiger partial charge in [-0.15, -0.1) is 0 Å². The van der Waals surface area contributed by atoms with E-state index in [1.54, 1.807) is 42.5 Å². The summed E-state index contributed by atoms with van der Waals surface area (Å²) in [6, 6.07) is 23.8. The monoisotopic (exact) mass is 799 g/mol. The highest BCUT2D eigenvalue weighted by atomic mass is 35.5. The van der Waals surface area contributed by atoms with Gasteiger partial charge in [-0.05, 0) is 102 Å². The zero-order valence-electron chi connectivity index (χ0n) is 30.8. The Kier molecular flexibility index (Phi) is 11.7. The summed E-state index contributed by atoms with van der Waals surface area (Å²) in [4.78, 5) is 30.2. The molecule has 1 N–H and O–H groups in total. The molecule has 0 radical (unpaired) electrons. The summed E-state index contributed by atoms with van der Waals surface area (Å²) >= 11 is 13.2. The van der Waals surface area contributed by atoms with E-state index in [0.29, 0.717) is 45.9 Å². The molecule has 1 amide bonds. The van der Waals surface area contributed by atoms with Crippen LogP contribution in [0.4, 0.5) is 14.9 Å². The first-order valence-corrected chi connectivity index (χ1v) is 19.0. The van der Waals surface area contributed by atoms with Crippen molar-refractivity contribution < 1.29 is 43.2 Å². The molecule has 290 valence electrons. The average Bonchev–Trinajstić information content (AvgIpc) is 3.20. The second-order valence-electron chi connectivity index (χ2n) is 14.1. The van der Waals surface area contributed by atoms with E-state index in [4.69, 9.17) is 37.4 Å². The van der Waals surface area contributed by atoms with Crippen LogP contribution in [0, 0.1) is 11.7 Å². The van der Waals surface area contributed by atoms with Gasteiger partial charge in [0.15, 0.2) is 11.5 Å². The SMILES string of the molecule is COc1ccc([C@H](Cc2c(Cl)c[n+](O)cc2Cl)c2cc(-c3cccc(CN(C(=O)O[C@H]4CN5CCC4CC5)c4ccccc4F)c3)ccc2C(=O)[O-])cc1OC. The third kappa shape index (κ3) is 8.26. The highest BCUT2D eigenvalue weighted by molar-refractivity contribution is 6.35. The summed E-state index contributed by atoms with van der Waals surface area (Å²) in [5.41, 5.74) is 3.69. The molecule has 4 aromatic carbocycles. The molecular formula is C43H40Cl2FN3O7. The van der Waals surface area contributed by atoms with Gasteiger partial charge in [0, 0.05) is 28.3 Å². The van der Waals surface area contributed by atoms with Gasteiger partial charge in [-0.1, -0.05) is 71.7 Å². The van der Waals surface area contributed by atoms with E-state index >= 15 is 4.39 Å². The van der Waals surface area contributed by atoms with Crippen LogP contribution in [0.25, 0.3) is 11.1 Å². The molecule has 3 fully saturated rings. The number of hydrogen-bond acceptors (Lipinski definition) is 8. The number of para-hydroxylation sites is 1. The first-order valence-electron chi connectivity index (χ1n) is 18.2. The van der Waals surface area contributed by atoms with Gasteiger partial charge < -0.3 is 24.1 Å². The highest BCUT2D eigenvalue weighted by Gasteiger charge is 2.38. The van der Waals surface area contributed by atoms with Gasteiger partial charge in [0.2, 0.25) is 12.4 Å². The fourth-order valence-corrected chi connectivity index (χ4v) is 8.43. The lowest BCUT2D eigenvalue weighted by Gasteiger charge is -2.44. The van der Waals surface area contributed by atoms with Gasteiger partial charge >= 0.3 is 6.09 Å². The Labute approximate surface area is 334 Å². The number of aromatic carboxylic acids is 1. The molecule has 56 heavy (non-hydrogen) atoms. The minimum Gasteiger partial charge on any atom is -0.545 e. The second-order valence-corrected chi connectivity index (χ2v) is 14.9. The third-order valence-electron chi connectivity index (χ3n) is 10.7. The van der Waals surface area contributed by atoms with Crippen molar-refractivity contribution in [2.75, 3.05) is 38.8 Å². The molecule has 0 spiro atoms. The number of aromatic nitrogens is 1. The van der Waals surface area contributed by atoms with Crippen molar-refractivity contribution in [1.82, 2.24) is 4.90 Å². The molecule has 3 saturated heterocycles. The summed E-state index contributed by atoms with van der Waals surface area (Å²) in [7, 11) is 3.03. The Morgan fingerprint density at radius 3 is 2.30 bits per heavy atom. The molecule has 0 unspecified atom stereocenters. The lowest BCUT2D eigenvalue weighted by molar-refractivity contribution is -0.904. The lowest BCUT2D eigenvalue weighted by Crippen LogP contribution is -2.53. The Balaban J connectivity index is 1.27. The van der Waals surface area contributed by atoms with Gasteiger partial charge in [0.25, 0.3) is 0 Å². The van der Waals surface area contributed by atoms with Crippen LogP contribution >= 0.6 is 23.2 Å². The number of carbonyl (C=O) groups excluding carboxylic acids is 2. The van der Waals surface area contributed by atoms with Gasteiger partial charge in [0.1, 0.15) is 22.0 Å². The van der Waals surface area contributed by atoms with Gasteiger partial charge in [-0.2, -0.15) is 0 Å². The van der Waals surface area contributed by atoms with Crippen LogP contribution in [0.5, 0.6) is 11.5 Å². The molecular weight excluding hydrogens is 760 g/mol. The van der Waals surface area contributed by atoms with Crippen LogP contribution in [0.15, 0.2) is 97.3 Å². The maximum atomic E-state index is 15.3. The maximum absolute atomic E-state index is 15.3. The minimum atomic E-state index is -1.38. The predicted octanol–water partition coefficient (Wildman–Crippen LogP) is 7.32. The number of carboxylic acid groups (broad SMARTS) is 1. The van der Waals surface area contributed by atoms with Crippen molar-refractivity contribution in [3.05, 3.63) is 141 Å². The summed E-state index contributed by atoms with van der Waals surface area (Å²) in [6.45, 7) is 2.65. The predicted molar refractivity (Wildman–Crippen MR) is 207 cm³/mol. The fraction of sp³-hybridized carbons (Fsp3) is 0.279. The van der Waals surface area contributed by atoms with E-state index in [2.05, 4.69) is 4.90 Å². The quantitative estimate of drug-likeness (QED) is 0.103. The van der Waals surface area contributed by atoms with Crippen molar-refractivity contribution in [2.45, 2.75) is 37.8 Å². The number of carbonyl (C=O) groups is 2. The molecule has 10 nitrogen and oxygen atoms in total. The Morgan fingerprint density at radius 2 is 1.64 bits per heavy atom. The number of nitrogens with zero attached hydrogens (tertiary/aromatic N) is 3. The number of piperidine rings is 3. The number of methoxy groups -OCH3 is 2. The number of fused-ring (bicyclic) bond motifs is 3. The van der Waals surface area contributed by atoms with E-state index < -0.39 is 23.8 Å². The zero-order chi connectivity index (χ0) is 39.5. The minimum absolute atomic E-state index is 0.0167. The molecule has 2 bridgehead atoms.